The molecule has 0 spiro atoms. The van der Waals surface area contributed by atoms with Crippen LogP contribution >= 0.6 is 11.6 Å². The summed E-state index contributed by atoms with van der Waals surface area (Å²) in [6, 6.07) is 1.87. The van der Waals surface area contributed by atoms with Crippen LogP contribution in [0.25, 0.3) is 0 Å². The number of halogens is 1. The molecule has 4 heteroatoms. The van der Waals surface area contributed by atoms with Gasteiger partial charge in [0.25, 0.3) is 0 Å². The van der Waals surface area contributed by atoms with Crippen LogP contribution in [-0.4, -0.2) is 23.1 Å². The third kappa shape index (κ3) is 2.64. The van der Waals surface area contributed by atoms with Crippen molar-refractivity contribution in [2.75, 3.05) is 18.0 Å². The summed E-state index contributed by atoms with van der Waals surface area (Å²) in [7, 11) is 0. The molecule has 0 saturated carbocycles. The normalized spacial score (nSPS) is 17.8. The quantitative estimate of drug-likeness (QED) is 0.744. The Balaban J connectivity index is 2.16. The van der Waals surface area contributed by atoms with E-state index in [1.165, 1.54) is 12.8 Å². The monoisotopic (exact) mass is 239 g/mol. The van der Waals surface area contributed by atoms with Gasteiger partial charge in [-0.1, -0.05) is 25.4 Å². The molecule has 0 aliphatic carbocycles. The van der Waals surface area contributed by atoms with Crippen molar-refractivity contribution in [3.05, 3.63) is 17.0 Å². The summed E-state index contributed by atoms with van der Waals surface area (Å²) in [5, 5.41) is 0.556. The average molecular weight is 240 g/mol. The van der Waals surface area contributed by atoms with E-state index in [2.05, 4.69) is 21.8 Å². The molecular formula is C12H18ClN3. The first-order valence-corrected chi connectivity index (χ1v) is 6.35. The minimum Gasteiger partial charge on any atom is -0.356 e. The standard InChI is InChI=1S/C12H18ClN3/c1-3-11-14-10(13)8-12(15-11)16-6-4-9(2)5-7-16/h8-9H,3-7H2,1-2H3. The largest absolute Gasteiger partial charge is 0.356 e. The molecule has 0 amide bonds. The summed E-state index contributed by atoms with van der Waals surface area (Å²) in [4.78, 5) is 11.0. The molecule has 0 radical (unpaired) electrons. The van der Waals surface area contributed by atoms with Crippen molar-refractivity contribution < 1.29 is 0 Å². The molecule has 0 N–H and O–H groups in total. The van der Waals surface area contributed by atoms with E-state index in [0.717, 1.165) is 37.1 Å². The Kier molecular flexibility index (Phi) is 3.64. The van der Waals surface area contributed by atoms with Gasteiger partial charge in [0.1, 0.15) is 16.8 Å². The highest BCUT2D eigenvalue weighted by Crippen LogP contribution is 2.23. The van der Waals surface area contributed by atoms with Crippen molar-refractivity contribution in [1.29, 1.82) is 0 Å². The van der Waals surface area contributed by atoms with E-state index in [-0.39, 0.29) is 0 Å². The lowest BCUT2D eigenvalue weighted by Gasteiger charge is -2.31. The van der Waals surface area contributed by atoms with Crippen LogP contribution < -0.4 is 4.90 Å². The van der Waals surface area contributed by atoms with E-state index in [9.17, 15) is 0 Å². The molecule has 0 bridgehead atoms. The third-order valence-electron chi connectivity index (χ3n) is 3.15. The summed E-state index contributed by atoms with van der Waals surface area (Å²) in [5.41, 5.74) is 0. The molecule has 0 atom stereocenters. The topological polar surface area (TPSA) is 29.0 Å². The molecule has 0 aromatic carbocycles. The van der Waals surface area contributed by atoms with Crippen molar-refractivity contribution in [2.24, 2.45) is 5.92 Å². The Bertz CT molecular complexity index is 359. The van der Waals surface area contributed by atoms with E-state index in [1.54, 1.807) is 0 Å². The number of aryl methyl sites for hydroxylation is 1. The van der Waals surface area contributed by atoms with E-state index in [4.69, 9.17) is 11.6 Å². The second kappa shape index (κ2) is 5.00. The highest BCUT2D eigenvalue weighted by atomic mass is 35.5. The Morgan fingerprint density at radius 3 is 2.69 bits per heavy atom. The summed E-state index contributed by atoms with van der Waals surface area (Å²) in [6.07, 6.45) is 3.31. The molecule has 3 nitrogen and oxygen atoms in total. The van der Waals surface area contributed by atoms with Crippen LogP contribution in [0.1, 0.15) is 32.5 Å². The molecule has 2 rings (SSSR count). The van der Waals surface area contributed by atoms with Crippen LogP contribution in [0.15, 0.2) is 6.07 Å². The van der Waals surface area contributed by atoms with Crippen molar-refractivity contribution in [3.63, 3.8) is 0 Å². The van der Waals surface area contributed by atoms with Gasteiger partial charge < -0.3 is 4.90 Å². The van der Waals surface area contributed by atoms with Crippen molar-refractivity contribution in [3.8, 4) is 0 Å². The predicted molar refractivity (Wildman–Crippen MR) is 67.0 cm³/mol. The van der Waals surface area contributed by atoms with Crippen LogP contribution in [0.3, 0.4) is 0 Å². The van der Waals surface area contributed by atoms with Gasteiger partial charge in [0.05, 0.1) is 0 Å². The number of rotatable bonds is 2. The predicted octanol–water partition coefficient (Wildman–Crippen LogP) is 2.93. The highest BCUT2D eigenvalue weighted by Gasteiger charge is 2.17. The van der Waals surface area contributed by atoms with Crippen LogP contribution in [0.5, 0.6) is 0 Å². The summed E-state index contributed by atoms with van der Waals surface area (Å²) in [5.74, 6) is 2.66. The van der Waals surface area contributed by atoms with Gasteiger partial charge in [0.15, 0.2) is 0 Å². The first kappa shape index (κ1) is 11.6. The smallest absolute Gasteiger partial charge is 0.134 e. The van der Waals surface area contributed by atoms with Crippen molar-refractivity contribution >= 4 is 17.4 Å². The minimum absolute atomic E-state index is 0.556. The van der Waals surface area contributed by atoms with Gasteiger partial charge in [0.2, 0.25) is 0 Å². The zero-order valence-electron chi connectivity index (χ0n) is 9.91. The SMILES string of the molecule is CCc1nc(Cl)cc(N2CCC(C)CC2)n1. The Morgan fingerprint density at radius 2 is 2.06 bits per heavy atom. The highest BCUT2D eigenvalue weighted by molar-refractivity contribution is 6.29. The van der Waals surface area contributed by atoms with Gasteiger partial charge in [-0.05, 0) is 18.8 Å². The Morgan fingerprint density at radius 1 is 1.38 bits per heavy atom. The summed E-state index contributed by atoms with van der Waals surface area (Å²) < 4.78 is 0. The van der Waals surface area contributed by atoms with Crippen LogP contribution in [0.4, 0.5) is 5.82 Å². The Hall–Kier alpha value is -0.830. The van der Waals surface area contributed by atoms with Gasteiger partial charge in [0, 0.05) is 25.6 Å². The zero-order chi connectivity index (χ0) is 11.5. The molecule has 16 heavy (non-hydrogen) atoms. The van der Waals surface area contributed by atoms with E-state index < -0.39 is 0 Å². The van der Waals surface area contributed by atoms with Gasteiger partial charge in [-0.15, -0.1) is 0 Å². The van der Waals surface area contributed by atoms with Gasteiger partial charge >= 0.3 is 0 Å². The van der Waals surface area contributed by atoms with Crippen molar-refractivity contribution in [1.82, 2.24) is 9.97 Å². The van der Waals surface area contributed by atoms with Gasteiger partial charge in [-0.25, -0.2) is 9.97 Å². The first-order chi connectivity index (χ1) is 7.69. The number of hydrogen-bond acceptors (Lipinski definition) is 3. The van der Waals surface area contributed by atoms with Crippen LogP contribution in [-0.2, 0) is 6.42 Å². The lowest BCUT2D eigenvalue weighted by atomic mass is 9.99. The van der Waals surface area contributed by atoms with Gasteiger partial charge in [-0.3, -0.25) is 0 Å². The summed E-state index contributed by atoms with van der Waals surface area (Å²) >= 11 is 6.00. The average Bonchev–Trinajstić information content (AvgIpc) is 2.29. The van der Waals surface area contributed by atoms with Crippen molar-refractivity contribution in [2.45, 2.75) is 33.1 Å². The molecular weight excluding hydrogens is 222 g/mol. The molecule has 2 heterocycles. The molecule has 1 saturated heterocycles. The fraction of sp³-hybridized carbons (Fsp3) is 0.667. The molecule has 88 valence electrons. The van der Waals surface area contributed by atoms with Crippen LogP contribution in [0.2, 0.25) is 5.15 Å². The lowest BCUT2D eigenvalue weighted by Crippen LogP contribution is -2.33. The molecule has 1 aliphatic rings. The molecule has 1 aliphatic heterocycles. The number of nitrogens with zero attached hydrogens (tertiary/aromatic N) is 3. The molecule has 0 unspecified atom stereocenters. The summed E-state index contributed by atoms with van der Waals surface area (Å²) in [6.45, 7) is 6.52. The Labute approximate surface area is 102 Å². The fourth-order valence-electron chi connectivity index (χ4n) is 2.01. The van der Waals surface area contributed by atoms with E-state index in [0.29, 0.717) is 5.15 Å². The van der Waals surface area contributed by atoms with E-state index >= 15 is 0 Å². The number of piperidine rings is 1. The first-order valence-electron chi connectivity index (χ1n) is 5.97. The number of hydrogen-bond donors (Lipinski definition) is 0. The van der Waals surface area contributed by atoms with Crippen LogP contribution in [0, 0.1) is 5.92 Å². The molecule has 1 aromatic heterocycles. The minimum atomic E-state index is 0.556. The zero-order valence-corrected chi connectivity index (χ0v) is 10.7. The molecule has 1 fully saturated rings. The maximum Gasteiger partial charge on any atom is 0.134 e. The maximum absolute atomic E-state index is 6.00. The van der Waals surface area contributed by atoms with E-state index in [1.807, 2.05) is 13.0 Å². The third-order valence-corrected chi connectivity index (χ3v) is 3.35. The fourth-order valence-corrected chi connectivity index (χ4v) is 2.20. The van der Waals surface area contributed by atoms with Gasteiger partial charge in [-0.2, -0.15) is 0 Å². The second-order valence-corrected chi connectivity index (χ2v) is 4.88. The number of anilines is 1. The molecule has 1 aromatic rings. The number of aromatic nitrogens is 2. The maximum atomic E-state index is 6.00. The second-order valence-electron chi connectivity index (χ2n) is 4.49. The lowest BCUT2D eigenvalue weighted by molar-refractivity contribution is 0.436.